The van der Waals surface area contributed by atoms with Gasteiger partial charge in [0.2, 0.25) is 5.96 Å². The van der Waals surface area contributed by atoms with Crippen molar-refractivity contribution >= 4 is 34.2 Å². The van der Waals surface area contributed by atoms with Gasteiger partial charge in [0.25, 0.3) is 5.91 Å². The molecule has 0 radical (unpaired) electrons. The molecule has 0 saturated carbocycles. The summed E-state index contributed by atoms with van der Waals surface area (Å²) in [5.74, 6) is -0.292. The molecule has 0 aliphatic carbocycles. The van der Waals surface area contributed by atoms with E-state index >= 15 is 0 Å². The maximum absolute atomic E-state index is 12.5. The highest BCUT2D eigenvalue weighted by Gasteiger charge is 2.10. The molecule has 0 saturated heterocycles. The predicted molar refractivity (Wildman–Crippen MR) is 105 cm³/mol. The predicted octanol–water partition coefficient (Wildman–Crippen LogP) is 2.73. The zero-order chi connectivity index (χ0) is 18.7. The van der Waals surface area contributed by atoms with Crippen molar-refractivity contribution in [3.05, 3.63) is 65.4 Å². The van der Waals surface area contributed by atoms with E-state index in [9.17, 15) is 4.79 Å². The average molecular weight is 348 g/mol. The molecule has 0 unspecified atom stereocenters. The number of fused-ring (bicyclic) bond motifs is 1. The lowest BCUT2D eigenvalue weighted by Crippen LogP contribution is -2.22. The number of carbonyl (C=O) groups is 1. The van der Waals surface area contributed by atoms with Crippen LogP contribution in [0.2, 0.25) is 0 Å². The van der Waals surface area contributed by atoms with E-state index < -0.39 is 0 Å². The zero-order valence-electron chi connectivity index (χ0n) is 14.6. The molecule has 0 bridgehead atoms. The molecule has 0 spiro atoms. The molecular weight excluding hydrogens is 328 g/mol. The van der Waals surface area contributed by atoms with Crippen LogP contribution in [0.15, 0.2) is 58.7 Å². The molecule has 6 N–H and O–H groups in total. The number of nitrogens with two attached hydrogens (primary N) is 2. The molecule has 0 atom stereocenters. The molecule has 1 heterocycles. The molecule has 0 aliphatic rings. The number of hydrogen-bond acceptors (Lipinski definition) is 3. The van der Waals surface area contributed by atoms with Crippen LogP contribution in [0, 0.1) is 6.92 Å². The molecule has 2 aromatic carbocycles. The van der Waals surface area contributed by atoms with E-state index in [0.717, 1.165) is 22.0 Å². The molecule has 0 aliphatic heterocycles. The number of carbonyl (C=O) groups excluding carboxylic acids is 1. The normalized spacial score (nSPS) is 11.4. The van der Waals surface area contributed by atoms with Crippen LogP contribution >= 0.6 is 0 Å². The summed E-state index contributed by atoms with van der Waals surface area (Å²) in [4.78, 5) is 15.6. The fraction of sp³-hybridized carbons (Fsp3) is 0.105. The van der Waals surface area contributed by atoms with Crippen molar-refractivity contribution < 1.29 is 4.79 Å². The third-order valence-electron chi connectivity index (χ3n) is 3.90. The number of aryl methyl sites for hydroxylation is 1. The van der Waals surface area contributed by atoms with Gasteiger partial charge in [0, 0.05) is 16.6 Å². The minimum atomic E-state index is -0.197. The van der Waals surface area contributed by atoms with Gasteiger partial charge in [0.05, 0.1) is 5.71 Å². The smallest absolute Gasteiger partial charge is 0.272 e. The number of amides is 1. The Hall–Kier alpha value is -3.61. The Labute approximate surface area is 150 Å². The third kappa shape index (κ3) is 3.89. The van der Waals surface area contributed by atoms with Crippen LogP contribution in [-0.2, 0) is 0 Å². The number of H-pyrrole nitrogens is 1. The lowest BCUT2D eigenvalue weighted by atomic mass is 10.1. The first-order valence-electron chi connectivity index (χ1n) is 8.07. The Kier molecular flexibility index (Phi) is 4.70. The van der Waals surface area contributed by atoms with Gasteiger partial charge in [-0.25, -0.2) is 0 Å². The fourth-order valence-corrected chi connectivity index (χ4v) is 2.55. The SMILES string of the molecule is C/C(=N/N=C(N)N)c1ccc(NC(=O)c2cc3ccc(C)cc3[nH]2)cc1. The van der Waals surface area contributed by atoms with E-state index in [1.54, 1.807) is 19.1 Å². The van der Waals surface area contributed by atoms with Crippen molar-refractivity contribution in [2.45, 2.75) is 13.8 Å². The van der Waals surface area contributed by atoms with Gasteiger partial charge in [0.15, 0.2) is 0 Å². The standard InChI is InChI=1S/C19H20N6O/c1-11-3-4-14-10-17(23-16(14)9-11)18(26)22-15-7-5-13(6-8-15)12(2)24-25-19(20)21/h3-10,23H,1-2H3,(H,22,26)(H4,20,21,25)/b24-12-. The Morgan fingerprint density at radius 2 is 1.77 bits per heavy atom. The summed E-state index contributed by atoms with van der Waals surface area (Å²) in [6.45, 7) is 3.81. The summed E-state index contributed by atoms with van der Waals surface area (Å²) in [5, 5.41) is 11.4. The van der Waals surface area contributed by atoms with E-state index in [4.69, 9.17) is 11.5 Å². The molecule has 0 fully saturated rings. The number of hydrogen-bond donors (Lipinski definition) is 4. The second-order valence-electron chi connectivity index (χ2n) is 6.02. The summed E-state index contributed by atoms with van der Waals surface area (Å²) in [6.07, 6.45) is 0. The molecule has 7 heteroatoms. The Bertz CT molecular complexity index is 1010. The van der Waals surface area contributed by atoms with Crippen molar-refractivity contribution in [1.29, 1.82) is 0 Å². The summed E-state index contributed by atoms with van der Waals surface area (Å²) < 4.78 is 0. The summed E-state index contributed by atoms with van der Waals surface area (Å²) in [6, 6.07) is 15.1. The Morgan fingerprint density at radius 3 is 2.46 bits per heavy atom. The van der Waals surface area contributed by atoms with Gasteiger partial charge >= 0.3 is 0 Å². The van der Waals surface area contributed by atoms with Gasteiger partial charge in [-0.05, 0) is 49.2 Å². The molecular formula is C19H20N6O. The number of benzene rings is 2. The molecule has 3 aromatic rings. The van der Waals surface area contributed by atoms with Crippen molar-refractivity contribution in [3.63, 3.8) is 0 Å². The topological polar surface area (TPSA) is 122 Å². The number of guanidine groups is 1. The van der Waals surface area contributed by atoms with Crippen molar-refractivity contribution in [3.8, 4) is 0 Å². The number of anilines is 1. The van der Waals surface area contributed by atoms with Gasteiger partial charge < -0.3 is 21.8 Å². The van der Waals surface area contributed by atoms with Crippen LogP contribution in [0.1, 0.15) is 28.5 Å². The Morgan fingerprint density at radius 1 is 1.04 bits per heavy atom. The maximum Gasteiger partial charge on any atom is 0.272 e. The van der Waals surface area contributed by atoms with Crippen LogP contribution in [0.4, 0.5) is 5.69 Å². The van der Waals surface area contributed by atoms with Crippen molar-refractivity contribution in [1.82, 2.24) is 4.98 Å². The lowest BCUT2D eigenvalue weighted by Gasteiger charge is -2.05. The molecule has 3 rings (SSSR count). The first-order valence-corrected chi connectivity index (χ1v) is 8.07. The van der Waals surface area contributed by atoms with Gasteiger partial charge in [-0.15, -0.1) is 5.10 Å². The molecule has 7 nitrogen and oxygen atoms in total. The van der Waals surface area contributed by atoms with Gasteiger partial charge in [-0.3, -0.25) is 4.79 Å². The zero-order valence-corrected chi connectivity index (χ0v) is 14.6. The van der Waals surface area contributed by atoms with Crippen LogP contribution in [0.5, 0.6) is 0 Å². The van der Waals surface area contributed by atoms with Crippen molar-refractivity contribution in [2.75, 3.05) is 5.32 Å². The highest BCUT2D eigenvalue weighted by Crippen LogP contribution is 2.18. The van der Waals surface area contributed by atoms with Crippen LogP contribution in [-0.4, -0.2) is 22.6 Å². The summed E-state index contributed by atoms with van der Waals surface area (Å²) >= 11 is 0. The third-order valence-corrected chi connectivity index (χ3v) is 3.90. The fourth-order valence-electron chi connectivity index (χ4n) is 2.55. The number of aromatic amines is 1. The van der Waals surface area contributed by atoms with E-state index in [-0.39, 0.29) is 11.9 Å². The lowest BCUT2D eigenvalue weighted by molar-refractivity contribution is 0.102. The summed E-state index contributed by atoms with van der Waals surface area (Å²) in [7, 11) is 0. The van der Waals surface area contributed by atoms with Gasteiger partial charge in [-0.2, -0.15) is 5.10 Å². The van der Waals surface area contributed by atoms with E-state index in [1.807, 2.05) is 43.3 Å². The molecule has 132 valence electrons. The van der Waals surface area contributed by atoms with Crippen LogP contribution < -0.4 is 16.8 Å². The number of aromatic nitrogens is 1. The number of rotatable bonds is 4. The minimum absolute atomic E-state index is 0.0956. The number of nitrogens with zero attached hydrogens (tertiary/aromatic N) is 2. The molecule has 1 aromatic heterocycles. The van der Waals surface area contributed by atoms with E-state index in [0.29, 0.717) is 17.1 Å². The van der Waals surface area contributed by atoms with Crippen molar-refractivity contribution in [2.24, 2.45) is 21.7 Å². The van der Waals surface area contributed by atoms with Crippen LogP contribution in [0.3, 0.4) is 0 Å². The molecule has 26 heavy (non-hydrogen) atoms. The summed E-state index contributed by atoms with van der Waals surface area (Å²) in [5.41, 5.74) is 15.3. The van der Waals surface area contributed by atoms with Gasteiger partial charge in [0.1, 0.15) is 5.69 Å². The molecule has 1 amide bonds. The maximum atomic E-state index is 12.5. The highest BCUT2D eigenvalue weighted by molar-refractivity contribution is 6.06. The average Bonchev–Trinajstić information content (AvgIpc) is 3.03. The monoisotopic (exact) mass is 348 g/mol. The Balaban J connectivity index is 1.74. The first-order chi connectivity index (χ1) is 12.4. The van der Waals surface area contributed by atoms with Crippen LogP contribution in [0.25, 0.3) is 10.9 Å². The van der Waals surface area contributed by atoms with E-state index in [1.165, 1.54) is 0 Å². The second-order valence-corrected chi connectivity index (χ2v) is 6.02. The quantitative estimate of drug-likeness (QED) is 0.329. The van der Waals surface area contributed by atoms with Gasteiger partial charge in [-0.1, -0.05) is 24.3 Å². The largest absolute Gasteiger partial charge is 0.369 e. The number of nitrogens with one attached hydrogen (secondary N) is 2. The first kappa shape index (κ1) is 17.2. The second kappa shape index (κ2) is 7.10. The highest BCUT2D eigenvalue weighted by atomic mass is 16.1. The van der Waals surface area contributed by atoms with E-state index in [2.05, 4.69) is 20.5 Å². The minimum Gasteiger partial charge on any atom is -0.369 e.